The predicted molar refractivity (Wildman–Crippen MR) is 44.1 cm³/mol. The van der Waals surface area contributed by atoms with Gasteiger partial charge in [0.15, 0.2) is 5.06 Å². The van der Waals surface area contributed by atoms with Gasteiger partial charge in [0, 0.05) is 13.1 Å². The van der Waals surface area contributed by atoms with Crippen LogP contribution in [0.3, 0.4) is 0 Å². The molecule has 4 heteroatoms. The van der Waals surface area contributed by atoms with Crippen molar-refractivity contribution in [3.63, 3.8) is 0 Å². The number of hydrogen-bond donors (Lipinski definition) is 1. The molecular formula is C7H10N2OS. The summed E-state index contributed by atoms with van der Waals surface area (Å²) in [7, 11) is 0. The minimum Gasteiger partial charge on any atom is -0.477 e. The molecule has 0 saturated carbocycles. The lowest BCUT2D eigenvalue weighted by atomic mass is 10.2. The van der Waals surface area contributed by atoms with Crippen LogP contribution in [0.15, 0.2) is 6.20 Å². The lowest BCUT2D eigenvalue weighted by molar-refractivity contribution is 0.147. The molecule has 0 aromatic carbocycles. The SMILES string of the molecule is Cc1ncc(OC2CNC2)s1. The Balaban J connectivity index is 1.95. The number of ether oxygens (including phenoxy) is 1. The standard InChI is InChI=1S/C7H10N2OS/c1-5-9-4-7(11-5)10-6-2-8-3-6/h4,6,8H,2-3H2,1H3. The van der Waals surface area contributed by atoms with Gasteiger partial charge in [0.25, 0.3) is 0 Å². The van der Waals surface area contributed by atoms with E-state index in [9.17, 15) is 0 Å². The Hall–Kier alpha value is -0.610. The summed E-state index contributed by atoms with van der Waals surface area (Å²) in [6.45, 7) is 3.92. The largest absolute Gasteiger partial charge is 0.477 e. The zero-order valence-electron chi connectivity index (χ0n) is 6.33. The first-order valence-electron chi connectivity index (χ1n) is 3.64. The fraction of sp³-hybridized carbons (Fsp3) is 0.571. The number of aryl methyl sites for hydroxylation is 1. The highest BCUT2D eigenvalue weighted by Gasteiger charge is 2.18. The van der Waals surface area contributed by atoms with Gasteiger partial charge in [0.05, 0.1) is 11.2 Å². The number of thiazole rings is 1. The van der Waals surface area contributed by atoms with Gasteiger partial charge in [-0.05, 0) is 6.92 Å². The van der Waals surface area contributed by atoms with Gasteiger partial charge in [-0.3, -0.25) is 0 Å². The summed E-state index contributed by atoms with van der Waals surface area (Å²) in [5.74, 6) is 0. The van der Waals surface area contributed by atoms with Crippen LogP contribution in [-0.4, -0.2) is 24.2 Å². The second kappa shape index (κ2) is 2.79. The van der Waals surface area contributed by atoms with E-state index in [4.69, 9.17) is 4.74 Å². The predicted octanol–water partition coefficient (Wildman–Crippen LogP) is 0.802. The number of hydrogen-bond acceptors (Lipinski definition) is 4. The Morgan fingerprint density at radius 2 is 2.55 bits per heavy atom. The lowest BCUT2D eigenvalue weighted by Crippen LogP contribution is -2.50. The van der Waals surface area contributed by atoms with E-state index in [0.717, 1.165) is 23.2 Å². The third kappa shape index (κ3) is 1.52. The Morgan fingerprint density at radius 3 is 3.00 bits per heavy atom. The zero-order chi connectivity index (χ0) is 7.68. The molecule has 2 heterocycles. The molecule has 1 aromatic rings. The lowest BCUT2D eigenvalue weighted by Gasteiger charge is -2.26. The van der Waals surface area contributed by atoms with Crippen LogP contribution >= 0.6 is 11.3 Å². The maximum Gasteiger partial charge on any atom is 0.194 e. The molecule has 11 heavy (non-hydrogen) atoms. The van der Waals surface area contributed by atoms with Gasteiger partial charge in [-0.25, -0.2) is 4.98 Å². The van der Waals surface area contributed by atoms with Crippen molar-refractivity contribution in [2.45, 2.75) is 13.0 Å². The van der Waals surface area contributed by atoms with E-state index in [1.807, 2.05) is 6.92 Å². The van der Waals surface area contributed by atoms with Gasteiger partial charge < -0.3 is 10.1 Å². The van der Waals surface area contributed by atoms with Gasteiger partial charge in [-0.1, -0.05) is 11.3 Å². The third-order valence-corrected chi connectivity index (χ3v) is 2.43. The van der Waals surface area contributed by atoms with E-state index in [2.05, 4.69) is 10.3 Å². The summed E-state index contributed by atoms with van der Waals surface area (Å²) in [6, 6.07) is 0. The van der Waals surface area contributed by atoms with Gasteiger partial charge in [-0.2, -0.15) is 0 Å². The maximum absolute atomic E-state index is 5.56. The van der Waals surface area contributed by atoms with Crippen LogP contribution in [0.1, 0.15) is 5.01 Å². The molecule has 1 aliphatic heterocycles. The van der Waals surface area contributed by atoms with E-state index in [1.54, 1.807) is 17.5 Å². The van der Waals surface area contributed by atoms with E-state index < -0.39 is 0 Å². The second-order valence-electron chi connectivity index (χ2n) is 2.60. The van der Waals surface area contributed by atoms with Crippen LogP contribution in [0.4, 0.5) is 0 Å². The van der Waals surface area contributed by atoms with Crippen molar-refractivity contribution in [1.82, 2.24) is 10.3 Å². The van der Waals surface area contributed by atoms with Crippen molar-refractivity contribution in [2.24, 2.45) is 0 Å². The minimum atomic E-state index is 0.370. The zero-order valence-corrected chi connectivity index (χ0v) is 7.15. The highest BCUT2D eigenvalue weighted by atomic mass is 32.1. The van der Waals surface area contributed by atoms with E-state index in [1.165, 1.54) is 0 Å². The molecule has 0 unspecified atom stereocenters. The highest BCUT2D eigenvalue weighted by Crippen LogP contribution is 2.22. The highest BCUT2D eigenvalue weighted by molar-refractivity contribution is 7.13. The molecule has 0 radical (unpaired) electrons. The molecule has 0 amide bonds. The smallest absolute Gasteiger partial charge is 0.194 e. The Labute approximate surface area is 69.4 Å². The van der Waals surface area contributed by atoms with Crippen molar-refractivity contribution in [3.05, 3.63) is 11.2 Å². The van der Waals surface area contributed by atoms with Gasteiger partial charge in [-0.15, -0.1) is 0 Å². The van der Waals surface area contributed by atoms with E-state index in [-0.39, 0.29) is 0 Å². The molecular weight excluding hydrogens is 160 g/mol. The van der Waals surface area contributed by atoms with Crippen LogP contribution in [0.5, 0.6) is 5.06 Å². The third-order valence-electron chi connectivity index (χ3n) is 1.63. The first kappa shape index (κ1) is 7.06. The first-order valence-corrected chi connectivity index (χ1v) is 4.46. The number of nitrogens with zero attached hydrogens (tertiary/aromatic N) is 1. The summed E-state index contributed by atoms with van der Waals surface area (Å²) in [6.07, 6.45) is 2.16. The molecule has 1 aliphatic rings. The van der Waals surface area contributed by atoms with Crippen molar-refractivity contribution in [3.8, 4) is 5.06 Å². The molecule has 60 valence electrons. The minimum absolute atomic E-state index is 0.370. The number of aromatic nitrogens is 1. The molecule has 0 spiro atoms. The Morgan fingerprint density at radius 1 is 1.73 bits per heavy atom. The summed E-state index contributed by atoms with van der Waals surface area (Å²) in [4.78, 5) is 4.10. The van der Waals surface area contributed by atoms with Crippen LogP contribution in [0.2, 0.25) is 0 Å². The summed E-state index contributed by atoms with van der Waals surface area (Å²) >= 11 is 1.60. The summed E-state index contributed by atoms with van der Waals surface area (Å²) in [5, 5.41) is 5.15. The summed E-state index contributed by atoms with van der Waals surface area (Å²) in [5.41, 5.74) is 0. The van der Waals surface area contributed by atoms with Crippen LogP contribution in [-0.2, 0) is 0 Å². The molecule has 0 aliphatic carbocycles. The van der Waals surface area contributed by atoms with Gasteiger partial charge in [0.2, 0.25) is 0 Å². The molecule has 1 N–H and O–H groups in total. The van der Waals surface area contributed by atoms with Crippen LogP contribution < -0.4 is 10.1 Å². The normalized spacial score (nSPS) is 17.9. The van der Waals surface area contributed by atoms with Crippen molar-refractivity contribution in [1.29, 1.82) is 0 Å². The monoisotopic (exact) mass is 170 g/mol. The number of nitrogens with one attached hydrogen (secondary N) is 1. The first-order chi connectivity index (χ1) is 5.34. The molecule has 1 fully saturated rings. The Bertz CT molecular complexity index is 244. The second-order valence-corrected chi connectivity index (χ2v) is 3.79. The van der Waals surface area contributed by atoms with Crippen molar-refractivity contribution >= 4 is 11.3 Å². The topological polar surface area (TPSA) is 34.1 Å². The van der Waals surface area contributed by atoms with E-state index >= 15 is 0 Å². The summed E-state index contributed by atoms with van der Waals surface area (Å²) < 4.78 is 5.56. The molecule has 2 rings (SSSR count). The fourth-order valence-electron chi connectivity index (χ4n) is 0.906. The average molecular weight is 170 g/mol. The molecule has 0 bridgehead atoms. The van der Waals surface area contributed by atoms with Gasteiger partial charge >= 0.3 is 0 Å². The molecule has 3 nitrogen and oxygen atoms in total. The molecule has 1 aromatic heterocycles. The maximum atomic E-state index is 5.56. The van der Waals surface area contributed by atoms with Crippen LogP contribution in [0.25, 0.3) is 0 Å². The molecule has 1 saturated heterocycles. The quantitative estimate of drug-likeness (QED) is 0.713. The number of rotatable bonds is 2. The average Bonchev–Trinajstić information content (AvgIpc) is 2.27. The fourth-order valence-corrected chi connectivity index (χ4v) is 1.59. The van der Waals surface area contributed by atoms with Gasteiger partial charge in [0.1, 0.15) is 6.10 Å². The van der Waals surface area contributed by atoms with E-state index in [0.29, 0.717) is 6.10 Å². The Kier molecular flexibility index (Phi) is 1.79. The van der Waals surface area contributed by atoms with Crippen molar-refractivity contribution in [2.75, 3.05) is 13.1 Å². The van der Waals surface area contributed by atoms with Crippen LogP contribution in [0, 0.1) is 6.92 Å². The van der Waals surface area contributed by atoms with Crippen molar-refractivity contribution < 1.29 is 4.74 Å². The molecule has 0 atom stereocenters.